The minimum absolute atomic E-state index is 0.136. The molecule has 2 N–H and O–H groups in total. The molecule has 0 unspecified atom stereocenters. The molecule has 0 aromatic heterocycles. The van der Waals surface area contributed by atoms with Crippen LogP contribution in [0.1, 0.15) is 111 Å². The van der Waals surface area contributed by atoms with Gasteiger partial charge in [0, 0.05) is 19.5 Å². The highest BCUT2D eigenvalue weighted by atomic mass is 32.2. The molecule has 0 aromatic rings. The number of Topliss-reactive ketones (excluding diaryl/α,β-unsaturated/α-hetero) is 1. The van der Waals surface area contributed by atoms with Crippen LogP contribution >= 0.6 is 0 Å². The van der Waals surface area contributed by atoms with Crippen LogP contribution in [0, 0.1) is 52.3 Å². The van der Waals surface area contributed by atoms with Crippen LogP contribution in [0.5, 0.6) is 0 Å². The number of sulfonamides is 1. The summed E-state index contributed by atoms with van der Waals surface area (Å²) in [5.41, 5.74) is 0.376. The van der Waals surface area contributed by atoms with Crippen molar-refractivity contribution in [2.24, 2.45) is 52.3 Å². The van der Waals surface area contributed by atoms with E-state index in [2.05, 4.69) is 27.7 Å². The Morgan fingerprint density at radius 3 is 2.31 bits per heavy atom. The second kappa shape index (κ2) is 11.3. The highest BCUT2D eigenvalue weighted by Gasteiger charge is 2.64. The number of carbonyl (C=O) groups excluding carboxylic acids is 1. The molecule has 0 bridgehead atoms. The van der Waals surface area contributed by atoms with E-state index < -0.39 is 10.0 Å². The summed E-state index contributed by atoms with van der Waals surface area (Å²) in [4.78, 5) is 12.8. The van der Waals surface area contributed by atoms with Gasteiger partial charge in [-0.15, -0.1) is 0 Å². The van der Waals surface area contributed by atoms with Crippen LogP contribution in [0.15, 0.2) is 0 Å². The van der Waals surface area contributed by atoms with Crippen molar-refractivity contribution < 1.29 is 23.4 Å². The maximum Gasteiger partial charge on any atom is 0.221 e. The van der Waals surface area contributed by atoms with Gasteiger partial charge in [0.25, 0.3) is 0 Å². The molecule has 1 aliphatic heterocycles. The Hall–Kier alpha value is -0.500. The normalized spacial score (nSPS) is 45.7. The fourth-order valence-corrected chi connectivity index (χ4v) is 12.6. The summed E-state index contributed by atoms with van der Waals surface area (Å²) < 4.78 is 27.1. The van der Waals surface area contributed by atoms with Crippen LogP contribution < -0.4 is 0 Å². The minimum atomic E-state index is -3.49. The van der Waals surface area contributed by atoms with Crippen molar-refractivity contribution in [3.8, 4) is 0 Å². The van der Waals surface area contributed by atoms with Crippen LogP contribution in [0.25, 0.3) is 0 Å². The SMILES string of the molecule is CC[C@H]1[C@@H](O)[C@@H]2[C@H](CC[C@]3(C)[C@@H]([C@H](C)CCC(=O)CS(=O)(=O)N4CCCCC4)CC[C@@H]23)[C@@]2(C)CC[C@@H](O)C[C@@H]12. The summed E-state index contributed by atoms with van der Waals surface area (Å²) in [6, 6.07) is 0. The van der Waals surface area contributed by atoms with E-state index in [1.807, 2.05) is 0 Å². The standard InChI is InChI=1S/C32H55NO5S/c1-5-24-28-19-22(34)13-15-32(28,4)27-14-16-31(3)25(11-12-26(31)29(27)30(24)36)21(2)9-10-23(35)20-39(37,38)33-17-7-6-8-18-33/h21-22,24-30,34,36H,5-20H2,1-4H3/t21-,22-,24-,25-,26+,27+,28+,29+,30-,31-,32-/m1/s1. The Kier molecular flexibility index (Phi) is 8.68. The summed E-state index contributed by atoms with van der Waals surface area (Å²) >= 11 is 0. The summed E-state index contributed by atoms with van der Waals surface area (Å²) in [6.45, 7) is 10.6. The molecule has 0 radical (unpaired) electrons. The minimum Gasteiger partial charge on any atom is -0.393 e. The molecule has 11 atom stereocenters. The van der Waals surface area contributed by atoms with E-state index >= 15 is 0 Å². The summed E-state index contributed by atoms with van der Waals surface area (Å²) in [5, 5.41) is 22.4. The van der Waals surface area contributed by atoms with Gasteiger partial charge in [-0.25, -0.2) is 12.7 Å². The third-order valence-electron chi connectivity index (χ3n) is 13.1. The number of piperidine rings is 1. The predicted molar refractivity (Wildman–Crippen MR) is 154 cm³/mol. The lowest BCUT2D eigenvalue weighted by Crippen LogP contribution is -2.62. The van der Waals surface area contributed by atoms with Gasteiger partial charge in [0.15, 0.2) is 0 Å². The molecule has 7 heteroatoms. The third-order valence-corrected chi connectivity index (χ3v) is 14.9. The van der Waals surface area contributed by atoms with E-state index in [0.717, 1.165) is 70.6 Å². The molecule has 0 aromatic carbocycles. The second-order valence-corrected chi connectivity index (χ2v) is 16.9. The molecule has 5 aliphatic rings. The lowest BCUT2D eigenvalue weighted by atomic mass is 9.41. The first-order valence-electron chi connectivity index (χ1n) is 16.3. The molecule has 0 amide bonds. The lowest BCUT2D eigenvalue weighted by Gasteiger charge is -2.64. The zero-order chi connectivity index (χ0) is 28.2. The maximum atomic E-state index is 12.8. The van der Waals surface area contributed by atoms with E-state index in [4.69, 9.17) is 0 Å². The van der Waals surface area contributed by atoms with Gasteiger partial charge in [0.05, 0.1) is 12.2 Å². The molecule has 4 aliphatic carbocycles. The topological polar surface area (TPSA) is 94.9 Å². The Morgan fingerprint density at radius 2 is 1.62 bits per heavy atom. The molecule has 1 heterocycles. The van der Waals surface area contributed by atoms with Crippen molar-refractivity contribution in [1.82, 2.24) is 4.31 Å². The highest BCUT2D eigenvalue weighted by molar-refractivity contribution is 7.89. The molecular weight excluding hydrogens is 510 g/mol. The number of aliphatic hydroxyl groups is 2. The molecular formula is C32H55NO5S. The van der Waals surface area contributed by atoms with E-state index in [1.54, 1.807) is 0 Å². The van der Waals surface area contributed by atoms with Crippen molar-refractivity contribution in [1.29, 1.82) is 0 Å². The fraction of sp³-hybridized carbons (Fsp3) is 0.969. The average molecular weight is 566 g/mol. The Labute approximate surface area is 237 Å². The Morgan fingerprint density at radius 1 is 0.949 bits per heavy atom. The molecule has 1 saturated heterocycles. The number of fused-ring (bicyclic) bond motifs is 5. The van der Waals surface area contributed by atoms with Gasteiger partial charge in [0.1, 0.15) is 11.5 Å². The van der Waals surface area contributed by atoms with E-state index in [9.17, 15) is 23.4 Å². The van der Waals surface area contributed by atoms with Crippen molar-refractivity contribution in [2.75, 3.05) is 18.8 Å². The first-order chi connectivity index (χ1) is 18.4. The monoisotopic (exact) mass is 565 g/mol. The Balaban J connectivity index is 1.25. The molecule has 6 nitrogen and oxygen atoms in total. The van der Waals surface area contributed by atoms with Crippen LogP contribution in [-0.2, 0) is 14.8 Å². The lowest BCUT2D eigenvalue weighted by molar-refractivity contribution is -0.203. The third kappa shape index (κ3) is 5.29. The number of hydrogen-bond acceptors (Lipinski definition) is 5. The summed E-state index contributed by atoms with van der Waals surface area (Å²) in [5.74, 6) is 2.46. The van der Waals surface area contributed by atoms with Gasteiger partial charge in [-0.2, -0.15) is 0 Å². The van der Waals surface area contributed by atoms with Gasteiger partial charge in [-0.1, -0.05) is 40.5 Å². The van der Waals surface area contributed by atoms with Gasteiger partial charge >= 0.3 is 0 Å². The summed E-state index contributed by atoms with van der Waals surface area (Å²) in [6.07, 6.45) is 11.9. The van der Waals surface area contributed by atoms with Crippen molar-refractivity contribution >= 4 is 15.8 Å². The van der Waals surface area contributed by atoms with Crippen LogP contribution in [0.4, 0.5) is 0 Å². The number of rotatable bonds is 8. The van der Waals surface area contributed by atoms with Gasteiger partial charge in [-0.3, -0.25) is 4.79 Å². The number of ketones is 1. The largest absolute Gasteiger partial charge is 0.393 e. The first kappa shape index (κ1) is 30.0. The first-order valence-corrected chi connectivity index (χ1v) is 17.9. The smallest absolute Gasteiger partial charge is 0.221 e. The number of carbonyl (C=O) groups is 1. The van der Waals surface area contributed by atoms with Crippen molar-refractivity contribution in [3.63, 3.8) is 0 Å². The van der Waals surface area contributed by atoms with Gasteiger partial charge < -0.3 is 10.2 Å². The number of nitrogens with zero attached hydrogens (tertiary/aromatic N) is 1. The van der Waals surface area contributed by atoms with Crippen molar-refractivity contribution in [2.45, 2.75) is 123 Å². The predicted octanol–water partition coefficient (Wildman–Crippen LogP) is 5.41. The van der Waals surface area contributed by atoms with E-state index in [-0.39, 0.29) is 40.5 Å². The zero-order valence-corrected chi connectivity index (χ0v) is 25.8. The number of hydrogen-bond donors (Lipinski definition) is 2. The second-order valence-electron chi connectivity index (χ2n) is 14.9. The molecule has 4 saturated carbocycles. The molecule has 5 fully saturated rings. The molecule has 224 valence electrons. The van der Waals surface area contributed by atoms with Gasteiger partial charge in [0.2, 0.25) is 10.0 Å². The number of aliphatic hydroxyl groups excluding tert-OH is 2. The van der Waals surface area contributed by atoms with Crippen LogP contribution in [0.2, 0.25) is 0 Å². The van der Waals surface area contributed by atoms with Crippen molar-refractivity contribution in [3.05, 3.63) is 0 Å². The highest BCUT2D eigenvalue weighted by Crippen LogP contribution is 2.69. The molecule has 39 heavy (non-hydrogen) atoms. The van der Waals surface area contributed by atoms with E-state index in [1.165, 1.54) is 10.7 Å². The fourth-order valence-electron chi connectivity index (χ4n) is 11.0. The Bertz CT molecular complexity index is 995. The maximum absolute atomic E-state index is 12.8. The van der Waals surface area contributed by atoms with Crippen LogP contribution in [0.3, 0.4) is 0 Å². The quantitative estimate of drug-likeness (QED) is 0.410. The zero-order valence-electron chi connectivity index (χ0n) is 25.0. The molecule has 0 spiro atoms. The van der Waals surface area contributed by atoms with Gasteiger partial charge in [-0.05, 0) is 116 Å². The summed E-state index contributed by atoms with van der Waals surface area (Å²) in [7, 11) is -3.49. The molecule has 5 rings (SSSR count). The van der Waals surface area contributed by atoms with Crippen LogP contribution in [-0.4, -0.2) is 59.8 Å². The average Bonchev–Trinajstić information content (AvgIpc) is 3.26. The van der Waals surface area contributed by atoms with E-state index in [0.29, 0.717) is 55.0 Å².